The molecule has 1 aromatic heterocycles. The number of nitrogens with zero attached hydrogens (tertiary/aromatic N) is 2. The van der Waals surface area contributed by atoms with Gasteiger partial charge < -0.3 is 24.2 Å². The Morgan fingerprint density at radius 3 is 2.68 bits per heavy atom. The first-order valence-corrected chi connectivity index (χ1v) is 13.2. The van der Waals surface area contributed by atoms with Crippen LogP contribution in [-0.2, 0) is 14.3 Å². The fourth-order valence-corrected chi connectivity index (χ4v) is 5.08. The second-order valence-electron chi connectivity index (χ2n) is 10.9. The van der Waals surface area contributed by atoms with Crippen molar-refractivity contribution in [2.24, 2.45) is 0 Å². The van der Waals surface area contributed by atoms with E-state index in [1.165, 1.54) is 0 Å². The minimum absolute atomic E-state index is 0.247. The Morgan fingerprint density at radius 2 is 1.95 bits per heavy atom. The van der Waals surface area contributed by atoms with E-state index in [0.29, 0.717) is 50.0 Å². The maximum Gasteiger partial charge on any atom is 0.410 e. The number of piperidine rings is 2. The maximum absolute atomic E-state index is 12.4. The number of hydrogen-bond donors (Lipinski definition) is 2. The molecular weight excluding hydrogens is 488 g/mol. The standard InChI is InChI=1S/C28H34N4O6/c1-28(2,3)37-27(35)32-13-10-18(11-14-32)29-12-15-36-19-5-6-20-17(16-19)4-8-22-24(20)25(31-38-22)21-7-9-23(33)30-26(21)34/h4-6,8,16,18,21,29H,7,9-15H2,1-3H3,(H,30,33,34)/t21-/m1/s1. The number of hydrogen-bond acceptors (Lipinski definition) is 8. The van der Waals surface area contributed by atoms with Crippen molar-refractivity contribution in [1.29, 1.82) is 0 Å². The predicted molar refractivity (Wildman–Crippen MR) is 141 cm³/mol. The number of nitrogens with one attached hydrogen (secondary N) is 2. The van der Waals surface area contributed by atoms with Crippen molar-refractivity contribution in [1.82, 2.24) is 20.7 Å². The Labute approximate surface area is 221 Å². The molecule has 2 N–H and O–H groups in total. The highest BCUT2D eigenvalue weighted by Crippen LogP contribution is 2.36. The summed E-state index contributed by atoms with van der Waals surface area (Å²) in [6.07, 6.45) is 2.20. The molecule has 0 aliphatic carbocycles. The van der Waals surface area contributed by atoms with Gasteiger partial charge in [0.2, 0.25) is 11.8 Å². The lowest BCUT2D eigenvalue weighted by molar-refractivity contribution is -0.134. The molecule has 1 atom stereocenters. The molecule has 0 spiro atoms. The molecule has 0 radical (unpaired) electrons. The lowest BCUT2D eigenvalue weighted by Gasteiger charge is -2.33. The SMILES string of the molecule is CC(C)(C)OC(=O)N1CCC(NCCOc2ccc3c(ccc4onc([C@H]5CCC(=O)NC5=O)c43)c2)CC1. The van der Waals surface area contributed by atoms with Gasteiger partial charge in [0, 0.05) is 32.1 Å². The Hall–Kier alpha value is -3.66. The highest BCUT2D eigenvalue weighted by molar-refractivity contribution is 6.10. The van der Waals surface area contributed by atoms with E-state index in [4.69, 9.17) is 14.0 Å². The van der Waals surface area contributed by atoms with Crippen molar-refractivity contribution in [2.45, 2.75) is 64.0 Å². The van der Waals surface area contributed by atoms with Gasteiger partial charge in [-0.15, -0.1) is 0 Å². The summed E-state index contributed by atoms with van der Waals surface area (Å²) in [6.45, 7) is 8.19. The Kier molecular flexibility index (Phi) is 7.25. The number of carbonyl (C=O) groups is 3. The molecule has 0 bridgehead atoms. The minimum Gasteiger partial charge on any atom is -0.492 e. The summed E-state index contributed by atoms with van der Waals surface area (Å²) < 4.78 is 17.0. The summed E-state index contributed by atoms with van der Waals surface area (Å²) in [4.78, 5) is 38.0. The summed E-state index contributed by atoms with van der Waals surface area (Å²) in [7, 11) is 0. The number of benzene rings is 2. The van der Waals surface area contributed by atoms with E-state index in [1.807, 2.05) is 51.1 Å². The first kappa shape index (κ1) is 26.0. The molecule has 2 aliphatic heterocycles. The largest absolute Gasteiger partial charge is 0.492 e. The van der Waals surface area contributed by atoms with E-state index in [1.54, 1.807) is 4.90 Å². The van der Waals surface area contributed by atoms with Gasteiger partial charge in [-0.3, -0.25) is 14.9 Å². The monoisotopic (exact) mass is 522 g/mol. The van der Waals surface area contributed by atoms with Gasteiger partial charge in [0.1, 0.15) is 23.7 Å². The normalized spacial score (nSPS) is 19.1. The maximum atomic E-state index is 12.4. The molecule has 0 unspecified atom stereocenters. The van der Waals surface area contributed by atoms with Crippen LogP contribution < -0.4 is 15.4 Å². The van der Waals surface area contributed by atoms with E-state index in [2.05, 4.69) is 15.8 Å². The van der Waals surface area contributed by atoms with E-state index in [0.717, 1.165) is 34.7 Å². The summed E-state index contributed by atoms with van der Waals surface area (Å²) in [5, 5.41) is 12.8. The molecule has 2 aliphatic rings. The van der Waals surface area contributed by atoms with Crippen LogP contribution in [0.3, 0.4) is 0 Å². The third-order valence-electron chi connectivity index (χ3n) is 6.97. The van der Waals surface area contributed by atoms with Crippen molar-refractivity contribution >= 4 is 39.6 Å². The third-order valence-corrected chi connectivity index (χ3v) is 6.97. The molecule has 2 saturated heterocycles. The van der Waals surface area contributed by atoms with E-state index >= 15 is 0 Å². The Balaban J connectivity index is 1.16. The zero-order valence-corrected chi connectivity index (χ0v) is 22.0. The molecule has 0 saturated carbocycles. The van der Waals surface area contributed by atoms with Crippen molar-refractivity contribution in [3.05, 3.63) is 36.0 Å². The second kappa shape index (κ2) is 10.6. The topological polar surface area (TPSA) is 123 Å². The summed E-state index contributed by atoms with van der Waals surface area (Å²) in [5.74, 6) is -0.363. The first-order chi connectivity index (χ1) is 18.2. The van der Waals surface area contributed by atoms with Crippen LogP contribution in [-0.4, -0.2) is 65.8 Å². The lowest BCUT2D eigenvalue weighted by atomic mass is 9.91. The average molecular weight is 523 g/mol. The number of imide groups is 1. The van der Waals surface area contributed by atoms with Crippen LogP contribution in [0.4, 0.5) is 4.79 Å². The molecule has 10 nitrogen and oxygen atoms in total. The van der Waals surface area contributed by atoms with Crippen molar-refractivity contribution < 1.29 is 28.4 Å². The molecule has 3 heterocycles. The zero-order chi connectivity index (χ0) is 26.9. The highest BCUT2D eigenvalue weighted by atomic mass is 16.6. The summed E-state index contributed by atoms with van der Waals surface area (Å²) in [6, 6.07) is 9.95. The molecular formula is C28H34N4O6. The van der Waals surface area contributed by atoms with Crippen molar-refractivity contribution in [3.8, 4) is 5.75 Å². The van der Waals surface area contributed by atoms with Gasteiger partial charge in [0.15, 0.2) is 5.58 Å². The molecule has 38 heavy (non-hydrogen) atoms. The van der Waals surface area contributed by atoms with Crippen LogP contribution in [0.15, 0.2) is 34.9 Å². The van der Waals surface area contributed by atoms with E-state index in [-0.39, 0.29) is 24.3 Å². The zero-order valence-electron chi connectivity index (χ0n) is 22.0. The quantitative estimate of drug-likeness (QED) is 0.370. The number of carbonyl (C=O) groups excluding carboxylic acids is 3. The fraction of sp³-hybridized carbons (Fsp3) is 0.500. The van der Waals surface area contributed by atoms with Gasteiger partial charge in [-0.05, 0) is 75.1 Å². The molecule has 2 fully saturated rings. The van der Waals surface area contributed by atoms with Crippen LogP contribution in [0, 0.1) is 0 Å². The molecule has 3 aromatic rings. The van der Waals surface area contributed by atoms with Crippen LogP contribution in [0.5, 0.6) is 5.75 Å². The predicted octanol–water partition coefficient (Wildman–Crippen LogP) is 3.87. The number of ether oxygens (including phenoxy) is 2. The third kappa shape index (κ3) is 5.75. The average Bonchev–Trinajstić information content (AvgIpc) is 3.30. The Bertz CT molecular complexity index is 1350. The Morgan fingerprint density at radius 1 is 1.16 bits per heavy atom. The van der Waals surface area contributed by atoms with Gasteiger partial charge in [0.05, 0.1) is 11.3 Å². The molecule has 10 heteroatoms. The summed E-state index contributed by atoms with van der Waals surface area (Å²) >= 11 is 0. The van der Waals surface area contributed by atoms with Crippen molar-refractivity contribution in [2.75, 3.05) is 26.2 Å². The van der Waals surface area contributed by atoms with Crippen molar-refractivity contribution in [3.63, 3.8) is 0 Å². The number of fused-ring (bicyclic) bond motifs is 3. The molecule has 5 rings (SSSR count). The number of likely N-dealkylation sites (tertiary alicyclic amines) is 1. The molecule has 3 amide bonds. The first-order valence-electron chi connectivity index (χ1n) is 13.2. The van der Waals surface area contributed by atoms with Crippen LogP contribution in [0.1, 0.15) is 58.1 Å². The fourth-order valence-electron chi connectivity index (χ4n) is 5.08. The number of amides is 3. The van der Waals surface area contributed by atoms with Gasteiger partial charge >= 0.3 is 6.09 Å². The molecule has 202 valence electrons. The molecule has 2 aromatic carbocycles. The van der Waals surface area contributed by atoms with Gasteiger partial charge in [-0.1, -0.05) is 11.2 Å². The smallest absolute Gasteiger partial charge is 0.410 e. The van der Waals surface area contributed by atoms with Crippen LogP contribution in [0.25, 0.3) is 21.7 Å². The van der Waals surface area contributed by atoms with E-state index < -0.39 is 11.5 Å². The summed E-state index contributed by atoms with van der Waals surface area (Å²) in [5.41, 5.74) is 0.683. The highest BCUT2D eigenvalue weighted by Gasteiger charge is 2.32. The number of aromatic nitrogens is 1. The van der Waals surface area contributed by atoms with Crippen LogP contribution in [0.2, 0.25) is 0 Å². The lowest BCUT2D eigenvalue weighted by Crippen LogP contribution is -2.47. The van der Waals surface area contributed by atoms with Gasteiger partial charge in [-0.2, -0.15) is 0 Å². The van der Waals surface area contributed by atoms with Gasteiger partial charge in [-0.25, -0.2) is 4.79 Å². The number of rotatable bonds is 6. The second-order valence-corrected chi connectivity index (χ2v) is 10.9. The van der Waals surface area contributed by atoms with E-state index in [9.17, 15) is 14.4 Å². The van der Waals surface area contributed by atoms with Gasteiger partial charge in [0.25, 0.3) is 0 Å². The minimum atomic E-state index is -0.516. The van der Waals surface area contributed by atoms with Crippen LogP contribution >= 0.6 is 0 Å².